The lowest BCUT2D eigenvalue weighted by Crippen LogP contribution is -2.24. The van der Waals surface area contributed by atoms with Crippen molar-refractivity contribution in [2.24, 2.45) is 0 Å². The van der Waals surface area contributed by atoms with Gasteiger partial charge in [0.15, 0.2) is 0 Å². The number of hydrogen-bond acceptors (Lipinski definition) is 5. The summed E-state index contributed by atoms with van der Waals surface area (Å²) in [5.74, 6) is 0.310. The minimum Gasteiger partial charge on any atom is -0.356 e. The van der Waals surface area contributed by atoms with Gasteiger partial charge in [-0.15, -0.1) is 5.10 Å². The molecule has 1 N–H and O–H groups in total. The maximum absolute atomic E-state index is 11.4. The van der Waals surface area contributed by atoms with E-state index in [9.17, 15) is 4.79 Å². The van der Waals surface area contributed by atoms with E-state index in [1.54, 1.807) is 4.68 Å². The first-order chi connectivity index (χ1) is 9.29. The van der Waals surface area contributed by atoms with Gasteiger partial charge in [0.25, 0.3) is 0 Å². The molecule has 7 heteroatoms. The number of tetrazole rings is 1. The molecule has 0 unspecified atom stereocenters. The van der Waals surface area contributed by atoms with Crippen molar-refractivity contribution in [1.29, 1.82) is 0 Å². The zero-order chi connectivity index (χ0) is 13.5. The number of nitrogens with zero attached hydrogens (tertiary/aromatic N) is 4. The summed E-state index contributed by atoms with van der Waals surface area (Å²) in [5.41, 5.74) is 1.12. The fraction of sp³-hybridized carbons (Fsp3) is 0.333. The molecule has 19 heavy (non-hydrogen) atoms. The van der Waals surface area contributed by atoms with E-state index in [1.165, 1.54) is 11.8 Å². The number of hydrogen-bond donors (Lipinski definition) is 1. The number of nitrogens with one attached hydrogen (secondary N) is 1. The van der Waals surface area contributed by atoms with Gasteiger partial charge in [0, 0.05) is 6.54 Å². The maximum atomic E-state index is 11.4. The van der Waals surface area contributed by atoms with Crippen LogP contribution >= 0.6 is 11.8 Å². The first-order valence-corrected chi connectivity index (χ1v) is 6.97. The molecular weight excluding hydrogens is 262 g/mol. The zero-order valence-electron chi connectivity index (χ0n) is 10.6. The first kappa shape index (κ1) is 13.5. The average Bonchev–Trinajstić information content (AvgIpc) is 2.85. The normalized spacial score (nSPS) is 10.4. The summed E-state index contributed by atoms with van der Waals surface area (Å²) in [5, 5.41) is 14.9. The van der Waals surface area contributed by atoms with Gasteiger partial charge in [-0.1, -0.05) is 42.1 Å². The molecule has 0 bridgehead atoms. The van der Waals surface area contributed by atoms with Crippen LogP contribution in [0.25, 0.3) is 0 Å². The van der Waals surface area contributed by atoms with E-state index >= 15 is 0 Å². The minimum atomic E-state index is -0.0123. The predicted octanol–water partition coefficient (Wildman–Crippen LogP) is 0.950. The summed E-state index contributed by atoms with van der Waals surface area (Å²) >= 11 is 1.34. The Kier molecular flexibility index (Phi) is 4.91. The second kappa shape index (κ2) is 6.89. The summed E-state index contributed by atoms with van der Waals surface area (Å²) in [6, 6.07) is 9.94. The highest BCUT2D eigenvalue weighted by Crippen LogP contribution is 2.14. The molecule has 6 nitrogen and oxygen atoms in total. The Morgan fingerprint density at radius 1 is 1.37 bits per heavy atom. The number of carbonyl (C=O) groups is 1. The standard InChI is InChI=1S/C12H15N5OS/c1-2-13-11(18)9-19-12-14-15-16-17(12)8-10-6-4-3-5-7-10/h3-7H,2,8-9H2,1H3,(H,13,18). The number of rotatable bonds is 6. The second-order valence-electron chi connectivity index (χ2n) is 3.85. The molecule has 0 fully saturated rings. The number of carbonyl (C=O) groups excluding carboxylic acids is 1. The van der Waals surface area contributed by atoms with E-state index in [2.05, 4.69) is 20.8 Å². The molecule has 0 aliphatic rings. The smallest absolute Gasteiger partial charge is 0.230 e. The van der Waals surface area contributed by atoms with Crippen molar-refractivity contribution in [3.8, 4) is 0 Å². The van der Waals surface area contributed by atoms with Crippen molar-refractivity contribution >= 4 is 17.7 Å². The van der Waals surface area contributed by atoms with E-state index in [1.807, 2.05) is 37.3 Å². The van der Waals surface area contributed by atoms with Gasteiger partial charge in [-0.05, 0) is 22.9 Å². The molecule has 1 aromatic heterocycles. The lowest BCUT2D eigenvalue weighted by atomic mass is 10.2. The molecule has 0 saturated heterocycles. The molecular formula is C12H15N5OS. The summed E-state index contributed by atoms with van der Waals surface area (Å²) in [6.45, 7) is 3.13. The van der Waals surface area contributed by atoms with Gasteiger partial charge in [-0.25, -0.2) is 4.68 Å². The Hall–Kier alpha value is -1.89. The van der Waals surface area contributed by atoms with Gasteiger partial charge < -0.3 is 5.32 Å². The SMILES string of the molecule is CCNC(=O)CSc1nnnn1Cc1ccccc1. The molecule has 2 aromatic rings. The Bertz CT molecular complexity index is 528. The van der Waals surface area contributed by atoms with Crippen LogP contribution in [0.4, 0.5) is 0 Å². The molecule has 1 amide bonds. The molecule has 0 spiro atoms. The first-order valence-electron chi connectivity index (χ1n) is 5.99. The third kappa shape index (κ3) is 4.06. The highest BCUT2D eigenvalue weighted by atomic mass is 32.2. The van der Waals surface area contributed by atoms with Crippen LogP contribution in [-0.4, -0.2) is 38.4 Å². The van der Waals surface area contributed by atoms with Gasteiger partial charge in [-0.3, -0.25) is 4.79 Å². The third-order valence-electron chi connectivity index (χ3n) is 2.38. The molecule has 100 valence electrons. The quantitative estimate of drug-likeness (QED) is 0.796. The van der Waals surface area contributed by atoms with Crippen LogP contribution in [0.5, 0.6) is 0 Å². The van der Waals surface area contributed by atoms with Crippen molar-refractivity contribution in [3.63, 3.8) is 0 Å². The Morgan fingerprint density at radius 3 is 2.89 bits per heavy atom. The molecule has 0 saturated carbocycles. The number of thioether (sulfide) groups is 1. The summed E-state index contributed by atoms with van der Waals surface area (Å²) in [4.78, 5) is 11.4. The van der Waals surface area contributed by atoms with Crippen LogP contribution in [-0.2, 0) is 11.3 Å². The highest BCUT2D eigenvalue weighted by Gasteiger charge is 2.09. The molecule has 0 aliphatic heterocycles. The molecule has 1 heterocycles. The van der Waals surface area contributed by atoms with Crippen LogP contribution in [0.3, 0.4) is 0 Å². The van der Waals surface area contributed by atoms with Crippen LogP contribution in [0.15, 0.2) is 35.5 Å². The average molecular weight is 277 g/mol. The van der Waals surface area contributed by atoms with Crippen LogP contribution in [0.2, 0.25) is 0 Å². The largest absolute Gasteiger partial charge is 0.356 e. The van der Waals surface area contributed by atoms with Crippen molar-refractivity contribution in [2.45, 2.75) is 18.6 Å². The zero-order valence-corrected chi connectivity index (χ0v) is 11.4. The second-order valence-corrected chi connectivity index (χ2v) is 4.79. The monoisotopic (exact) mass is 277 g/mol. The van der Waals surface area contributed by atoms with Crippen LogP contribution in [0.1, 0.15) is 12.5 Å². The lowest BCUT2D eigenvalue weighted by Gasteiger charge is -2.04. The van der Waals surface area contributed by atoms with Gasteiger partial charge >= 0.3 is 0 Å². The Morgan fingerprint density at radius 2 is 2.16 bits per heavy atom. The topological polar surface area (TPSA) is 72.7 Å². The molecule has 0 atom stereocenters. The predicted molar refractivity (Wildman–Crippen MR) is 72.8 cm³/mol. The molecule has 0 radical (unpaired) electrons. The van der Waals surface area contributed by atoms with E-state index < -0.39 is 0 Å². The van der Waals surface area contributed by atoms with Crippen molar-refractivity contribution < 1.29 is 4.79 Å². The summed E-state index contributed by atoms with van der Waals surface area (Å²) < 4.78 is 1.69. The van der Waals surface area contributed by atoms with Crippen LogP contribution < -0.4 is 5.32 Å². The lowest BCUT2D eigenvalue weighted by molar-refractivity contribution is -0.118. The number of amides is 1. The van der Waals surface area contributed by atoms with Gasteiger partial charge in [0.05, 0.1) is 12.3 Å². The van der Waals surface area contributed by atoms with Gasteiger partial charge in [-0.2, -0.15) is 0 Å². The van der Waals surface area contributed by atoms with Crippen molar-refractivity contribution in [2.75, 3.05) is 12.3 Å². The van der Waals surface area contributed by atoms with Gasteiger partial charge in [0.2, 0.25) is 11.1 Å². The van der Waals surface area contributed by atoms with E-state index in [0.29, 0.717) is 24.0 Å². The molecule has 1 aromatic carbocycles. The van der Waals surface area contributed by atoms with Crippen LogP contribution in [0, 0.1) is 0 Å². The summed E-state index contributed by atoms with van der Waals surface area (Å²) in [6.07, 6.45) is 0. The van der Waals surface area contributed by atoms with Gasteiger partial charge in [0.1, 0.15) is 0 Å². The fourth-order valence-electron chi connectivity index (χ4n) is 1.53. The maximum Gasteiger partial charge on any atom is 0.230 e. The highest BCUT2D eigenvalue weighted by molar-refractivity contribution is 7.99. The molecule has 0 aliphatic carbocycles. The fourth-order valence-corrected chi connectivity index (χ4v) is 2.24. The number of benzene rings is 1. The summed E-state index contributed by atoms with van der Waals surface area (Å²) in [7, 11) is 0. The van der Waals surface area contributed by atoms with E-state index in [4.69, 9.17) is 0 Å². The molecule has 2 rings (SSSR count). The number of aromatic nitrogens is 4. The van der Waals surface area contributed by atoms with Crippen molar-refractivity contribution in [3.05, 3.63) is 35.9 Å². The minimum absolute atomic E-state index is 0.0123. The Labute approximate surface area is 115 Å². The van der Waals surface area contributed by atoms with E-state index in [0.717, 1.165) is 5.56 Å². The van der Waals surface area contributed by atoms with Crippen molar-refractivity contribution in [1.82, 2.24) is 25.5 Å². The third-order valence-corrected chi connectivity index (χ3v) is 3.34. The Balaban J connectivity index is 1.96. The van der Waals surface area contributed by atoms with E-state index in [-0.39, 0.29) is 5.91 Å².